The van der Waals surface area contributed by atoms with Gasteiger partial charge in [0.25, 0.3) is 0 Å². The second-order valence-corrected chi connectivity index (χ2v) is 2.61. The van der Waals surface area contributed by atoms with Gasteiger partial charge in [0, 0.05) is 0 Å². The van der Waals surface area contributed by atoms with E-state index in [1.165, 1.54) is 5.56 Å². The van der Waals surface area contributed by atoms with Crippen molar-refractivity contribution in [3.8, 4) is 0 Å². The first-order chi connectivity index (χ1) is 5.43. The molecule has 0 unspecified atom stereocenters. The van der Waals surface area contributed by atoms with Crippen molar-refractivity contribution >= 4 is 0 Å². The molecule has 0 aromatic heterocycles. The number of benzene rings is 1. The average molecular weight is 226 g/mol. The fraction of sp³-hybridized carbons (Fsp3) is 0.250. The van der Waals surface area contributed by atoms with E-state index in [9.17, 15) is 0 Å². The predicted molar refractivity (Wildman–Crippen MR) is 54.7 cm³/mol. The van der Waals surface area contributed by atoms with Gasteiger partial charge in [0.05, 0.1) is 0 Å². The van der Waals surface area contributed by atoms with Crippen molar-refractivity contribution in [2.45, 2.75) is 19.3 Å². The second-order valence-electron chi connectivity index (χ2n) is 2.61. The van der Waals surface area contributed by atoms with Gasteiger partial charge in [0.15, 0.2) is 0 Å². The molecular formula is C12H16Zn. The van der Waals surface area contributed by atoms with Crippen molar-refractivity contribution in [2.24, 2.45) is 0 Å². The van der Waals surface area contributed by atoms with Gasteiger partial charge in [0.1, 0.15) is 0 Å². The average Bonchev–Trinajstić information content (AvgIpc) is 2.07. The number of hydrogen-bond donors (Lipinski definition) is 0. The van der Waals surface area contributed by atoms with Gasteiger partial charge in [-0.05, 0) is 18.4 Å². The van der Waals surface area contributed by atoms with E-state index >= 15 is 0 Å². The largest absolute Gasteiger partial charge is 2.00 e. The van der Waals surface area contributed by atoms with Gasteiger partial charge in [-0.3, -0.25) is 6.08 Å². The van der Waals surface area contributed by atoms with Gasteiger partial charge in [-0.25, -0.2) is 0 Å². The van der Waals surface area contributed by atoms with Crippen LogP contribution in [0.25, 0.3) is 0 Å². The number of unbranched alkanes of at least 4 members (excludes halogenated alkanes) is 1. The third kappa shape index (κ3) is 6.72. The van der Waals surface area contributed by atoms with Gasteiger partial charge in [-0.2, -0.15) is 0 Å². The Morgan fingerprint density at radius 2 is 1.77 bits per heavy atom. The Labute approximate surface area is 94.8 Å². The van der Waals surface area contributed by atoms with Gasteiger partial charge in [-0.15, -0.1) is 0 Å². The van der Waals surface area contributed by atoms with Gasteiger partial charge < -0.3 is 14.0 Å². The summed E-state index contributed by atoms with van der Waals surface area (Å²) in [6.07, 6.45) is 5.02. The summed E-state index contributed by atoms with van der Waals surface area (Å²) in [7, 11) is 0. The number of allylic oxidation sites excluding steroid dienone is 1. The monoisotopic (exact) mass is 224 g/mol. The molecule has 0 radical (unpaired) electrons. The molecule has 0 atom stereocenters. The van der Waals surface area contributed by atoms with Crippen LogP contribution in [0.3, 0.4) is 0 Å². The Hall–Kier alpha value is -0.417. The molecule has 0 saturated carbocycles. The van der Waals surface area contributed by atoms with Crippen molar-refractivity contribution < 1.29 is 19.5 Å². The van der Waals surface area contributed by atoms with Crippen molar-refractivity contribution in [3.63, 3.8) is 0 Å². The van der Waals surface area contributed by atoms with Gasteiger partial charge in [0.2, 0.25) is 0 Å². The number of rotatable bonds is 4. The number of aryl methyl sites for hydroxylation is 1. The molecule has 0 bridgehead atoms. The maximum Gasteiger partial charge on any atom is 2.00 e. The molecule has 0 aliphatic carbocycles. The van der Waals surface area contributed by atoms with Crippen LogP contribution in [-0.2, 0) is 25.9 Å². The zero-order valence-corrected chi connectivity index (χ0v) is 11.3. The van der Waals surface area contributed by atoms with Gasteiger partial charge >= 0.3 is 19.5 Å². The summed E-state index contributed by atoms with van der Waals surface area (Å²) in [5.41, 5.74) is 1.40. The molecule has 0 fully saturated rings. The van der Waals surface area contributed by atoms with Crippen molar-refractivity contribution in [2.75, 3.05) is 0 Å². The summed E-state index contributed by atoms with van der Waals surface area (Å²) in [6, 6.07) is 10.5. The first-order valence-corrected chi connectivity index (χ1v) is 4.01. The molecule has 1 aromatic carbocycles. The molecule has 0 aliphatic rings. The van der Waals surface area contributed by atoms with Crippen LogP contribution in [0, 0.1) is 14.0 Å². The molecule has 1 heteroatoms. The normalized spacial score (nSPS) is 8.00. The minimum atomic E-state index is 0. The third-order valence-electron chi connectivity index (χ3n) is 1.68. The first kappa shape index (κ1) is 15.1. The van der Waals surface area contributed by atoms with Crippen LogP contribution in [0.4, 0.5) is 0 Å². The molecule has 0 aliphatic heterocycles. The summed E-state index contributed by atoms with van der Waals surface area (Å²) in [5.74, 6) is 0. The zero-order chi connectivity index (χ0) is 7.94. The molecular weight excluding hydrogens is 210 g/mol. The van der Waals surface area contributed by atoms with E-state index < -0.39 is 0 Å². The van der Waals surface area contributed by atoms with Crippen molar-refractivity contribution in [3.05, 3.63) is 56.0 Å². The topological polar surface area (TPSA) is 0 Å². The van der Waals surface area contributed by atoms with Crippen LogP contribution >= 0.6 is 0 Å². The summed E-state index contributed by atoms with van der Waals surface area (Å²) >= 11 is 0. The minimum absolute atomic E-state index is 0. The maximum absolute atomic E-state index is 5.27. The van der Waals surface area contributed by atoms with Crippen LogP contribution < -0.4 is 0 Å². The van der Waals surface area contributed by atoms with Crippen LogP contribution in [0.1, 0.15) is 18.4 Å². The Kier molecular flexibility index (Phi) is 11.2. The van der Waals surface area contributed by atoms with Crippen molar-refractivity contribution in [1.29, 1.82) is 0 Å². The van der Waals surface area contributed by atoms with Crippen molar-refractivity contribution in [1.82, 2.24) is 0 Å². The molecule has 13 heavy (non-hydrogen) atoms. The van der Waals surface area contributed by atoms with E-state index in [-0.39, 0.29) is 26.9 Å². The quantitative estimate of drug-likeness (QED) is 0.418. The molecule has 0 heterocycles. The van der Waals surface area contributed by atoms with E-state index in [1.807, 2.05) is 6.07 Å². The smallest absolute Gasteiger partial charge is 0.518 e. The zero-order valence-electron chi connectivity index (χ0n) is 8.37. The standard InChI is InChI=1S/C11H13.CH3.Zn/c1-2-3-5-8-11-9-6-4-7-10-11;;/h1-2,4,6-7,9-10H,3,5,8H2;1H3;/q2*-1;+2. The fourth-order valence-electron chi connectivity index (χ4n) is 1.07. The van der Waals surface area contributed by atoms with E-state index in [2.05, 4.69) is 24.3 Å². The molecule has 1 aromatic rings. The molecule has 66 valence electrons. The minimum Gasteiger partial charge on any atom is -0.518 e. The van der Waals surface area contributed by atoms with Gasteiger partial charge in [-0.1, -0.05) is 36.8 Å². The predicted octanol–water partition coefficient (Wildman–Crippen LogP) is 3.45. The summed E-state index contributed by atoms with van der Waals surface area (Å²) in [5, 5.41) is 0. The molecule has 1 rings (SSSR count). The third-order valence-corrected chi connectivity index (χ3v) is 1.68. The summed E-state index contributed by atoms with van der Waals surface area (Å²) in [6.45, 7) is 5.27. The second kappa shape index (κ2) is 9.67. The van der Waals surface area contributed by atoms with E-state index in [0.29, 0.717) is 0 Å². The van der Waals surface area contributed by atoms with Crippen LogP contribution in [0.15, 0.2) is 36.4 Å². The van der Waals surface area contributed by atoms with Crippen LogP contribution in [0.5, 0.6) is 0 Å². The Morgan fingerprint density at radius 3 is 2.31 bits per heavy atom. The SMILES string of the molecule is [CH-]=CCCCc1ccccc1.[CH3-].[Zn+2]. The Bertz CT molecular complexity index is 204. The Morgan fingerprint density at radius 1 is 1.15 bits per heavy atom. The van der Waals surface area contributed by atoms with Crippen LogP contribution in [0.2, 0.25) is 0 Å². The Balaban J connectivity index is 0. The maximum atomic E-state index is 5.27. The molecule has 0 N–H and O–H groups in total. The summed E-state index contributed by atoms with van der Waals surface area (Å²) < 4.78 is 0. The van der Waals surface area contributed by atoms with E-state index in [4.69, 9.17) is 6.58 Å². The molecule has 0 saturated heterocycles. The van der Waals surface area contributed by atoms with E-state index in [1.54, 1.807) is 6.08 Å². The number of hydrogen-bond acceptors (Lipinski definition) is 0. The van der Waals surface area contributed by atoms with E-state index in [0.717, 1.165) is 19.3 Å². The molecule has 0 nitrogen and oxygen atoms in total. The molecule has 0 spiro atoms. The first-order valence-electron chi connectivity index (χ1n) is 4.01. The summed E-state index contributed by atoms with van der Waals surface area (Å²) in [4.78, 5) is 0. The molecule has 0 amide bonds. The fourth-order valence-corrected chi connectivity index (χ4v) is 1.07. The van der Waals surface area contributed by atoms with Crippen LogP contribution in [-0.4, -0.2) is 0 Å².